The molecule has 0 unspecified atom stereocenters. The van der Waals surface area contributed by atoms with Crippen molar-refractivity contribution >= 4 is 0 Å². The lowest BCUT2D eigenvalue weighted by molar-refractivity contribution is 0.474. The molecule has 0 saturated carbocycles. The molecule has 7 aromatic carbocycles. The average Bonchev–Trinajstić information content (AvgIpc) is 3.26. The topological polar surface area (TPSA) is 121 Å². The number of phenolic OH excluding ortho intramolecular Hbond substituents is 6. The Hall–Kier alpha value is -6.66. The summed E-state index contributed by atoms with van der Waals surface area (Å²) in [5, 5.41) is 60.8. The Bertz CT molecular complexity index is 1960. The van der Waals surface area contributed by atoms with Gasteiger partial charge in [0.15, 0.2) is 0 Å². The van der Waals surface area contributed by atoms with Gasteiger partial charge in [-0.3, -0.25) is 0 Å². The minimum absolute atomic E-state index is 0.244. The summed E-state index contributed by atoms with van der Waals surface area (Å²) in [6.45, 7) is 0. The number of aromatic hydroxyl groups is 6. The summed E-state index contributed by atoms with van der Waals surface area (Å²) >= 11 is 0. The number of phenols is 6. The third kappa shape index (κ3) is 11.3. The minimum atomic E-state index is 0.244. The first kappa shape index (κ1) is 41.5. The van der Waals surface area contributed by atoms with Crippen molar-refractivity contribution in [2.75, 3.05) is 0 Å². The molecule has 6 heteroatoms. The zero-order valence-electron chi connectivity index (χ0n) is 34.0. The molecule has 6 nitrogen and oxygen atoms in total. The van der Waals surface area contributed by atoms with Crippen molar-refractivity contribution in [3.05, 3.63) is 212 Å². The van der Waals surface area contributed by atoms with Gasteiger partial charge < -0.3 is 30.6 Å². The van der Waals surface area contributed by atoms with Crippen LogP contribution in [0, 0.1) is 0 Å². The standard InChI is InChI=1S/C54H54O6/c55-43-19-1-37(2-20-43)13-31-49-50(32-14-38-3-21-44(56)22-4-38)52(34-16-40-7-25-46(58)26-8-40)54(36-18-42-11-29-48(60)30-12-42)53(35-17-41-9-27-47(59)28-10-41)51(49)33-15-39-5-23-45(57)24-6-39/h1-12,19-30,55-60H,13-18,31-36H2. The van der Waals surface area contributed by atoms with E-state index >= 15 is 0 Å². The largest absolute Gasteiger partial charge is 0.508 e. The fraction of sp³-hybridized carbons (Fsp3) is 0.222. The fourth-order valence-electron chi connectivity index (χ4n) is 8.50. The lowest BCUT2D eigenvalue weighted by atomic mass is 9.76. The molecular weight excluding hydrogens is 745 g/mol. The summed E-state index contributed by atoms with van der Waals surface area (Å²) in [5.41, 5.74) is 15.0. The monoisotopic (exact) mass is 798 g/mol. The number of rotatable bonds is 18. The molecule has 7 aromatic rings. The molecule has 0 aromatic heterocycles. The maximum absolute atomic E-state index is 10.1. The van der Waals surface area contributed by atoms with Gasteiger partial charge in [0.25, 0.3) is 0 Å². The molecule has 7 rings (SSSR count). The van der Waals surface area contributed by atoms with E-state index in [2.05, 4.69) is 0 Å². The molecule has 0 atom stereocenters. The van der Waals surface area contributed by atoms with Crippen LogP contribution < -0.4 is 0 Å². The molecule has 0 amide bonds. The van der Waals surface area contributed by atoms with Crippen LogP contribution in [0.5, 0.6) is 34.5 Å². The van der Waals surface area contributed by atoms with Gasteiger partial charge in [-0.25, -0.2) is 0 Å². The Labute approximate surface area is 353 Å². The molecule has 0 aliphatic carbocycles. The quantitative estimate of drug-likeness (QED) is 0.0514. The number of hydrogen-bond donors (Lipinski definition) is 6. The molecule has 60 heavy (non-hydrogen) atoms. The van der Waals surface area contributed by atoms with Gasteiger partial charge in [0.1, 0.15) is 34.5 Å². The summed E-state index contributed by atoms with van der Waals surface area (Å²) in [5.74, 6) is 1.47. The van der Waals surface area contributed by atoms with Crippen LogP contribution in [0.1, 0.15) is 66.8 Å². The highest BCUT2D eigenvalue weighted by Crippen LogP contribution is 2.36. The van der Waals surface area contributed by atoms with Gasteiger partial charge >= 0.3 is 0 Å². The van der Waals surface area contributed by atoms with Crippen molar-refractivity contribution < 1.29 is 30.6 Å². The summed E-state index contributed by atoms with van der Waals surface area (Å²) in [4.78, 5) is 0. The highest BCUT2D eigenvalue weighted by atomic mass is 16.3. The summed E-state index contributed by atoms with van der Waals surface area (Å²) in [6, 6.07) is 45.1. The molecule has 0 radical (unpaired) electrons. The molecule has 0 fully saturated rings. The van der Waals surface area contributed by atoms with Crippen molar-refractivity contribution in [1.29, 1.82) is 0 Å². The van der Waals surface area contributed by atoms with E-state index in [0.717, 1.165) is 110 Å². The van der Waals surface area contributed by atoms with Crippen LogP contribution >= 0.6 is 0 Å². The third-order valence-corrected chi connectivity index (χ3v) is 11.8. The smallest absolute Gasteiger partial charge is 0.115 e. The summed E-state index contributed by atoms with van der Waals surface area (Å²) in [6.07, 6.45) is 9.57. The first-order chi connectivity index (χ1) is 29.2. The van der Waals surface area contributed by atoms with Crippen molar-refractivity contribution in [1.82, 2.24) is 0 Å². The van der Waals surface area contributed by atoms with Crippen molar-refractivity contribution in [2.24, 2.45) is 0 Å². The Morgan fingerprint density at radius 1 is 0.167 bits per heavy atom. The molecular formula is C54H54O6. The third-order valence-electron chi connectivity index (χ3n) is 11.8. The molecule has 0 heterocycles. The highest BCUT2D eigenvalue weighted by Gasteiger charge is 2.24. The Morgan fingerprint density at radius 3 is 0.400 bits per heavy atom. The maximum Gasteiger partial charge on any atom is 0.115 e. The SMILES string of the molecule is Oc1ccc(CCc2c(CCc3ccc(O)cc3)c(CCc3ccc(O)cc3)c(CCc3ccc(O)cc3)c(CCc3ccc(O)cc3)c2CCc2ccc(O)cc2)cc1. The highest BCUT2D eigenvalue weighted by molar-refractivity contribution is 5.55. The number of hydrogen-bond acceptors (Lipinski definition) is 6. The second-order valence-electron chi connectivity index (χ2n) is 15.9. The molecule has 0 saturated heterocycles. The van der Waals surface area contributed by atoms with Crippen LogP contribution in [0.3, 0.4) is 0 Å². The van der Waals surface area contributed by atoms with Gasteiger partial charge in [0, 0.05) is 0 Å². The second kappa shape index (κ2) is 19.9. The van der Waals surface area contributed by atoms with E-state index in [4.69, 9.17) is 0 Å². The van der Waals surface area contributed by atoms with Crippen LogP contribution in [0.15, 0.2) is 146 Å². The van der Waals surface area contributed by atoms with Crippen molar-refractivity contribution in [3.8, 4) is 34.5 Å². The average molecular weight is 799 g/mol. The number of aryl methyl sites for hydroxylation is 6. The zero-order chi connectivity index (χ0) is 41.8. The zero-order valence-corrected chi connectivity index (χ0v) is 34.0. The summed E-state index contributed by atoms with van der Waals surface area (Å²) in [7, 11) is 0. The van der Waals surface area contributed by atoms with Gasteiger partial charge in [0.2, 0.25) is 0 Å². The number of benzene rings is 7. The predicted molar refractivity (Wildman–Crippen MR) is 240 cm³/mol. The van der Waals surface area contributed by atoms with Crippen LogP contribution in [0.2, 0.25) is 0 Å². The molecule has 6 N–H and O–H groups in total. The molecule has 0 bridgehead atoms. The van der Waals surface area contributed by atoms with Crippen molar-refractivity contribution in [2.45, 2.75) is 77.0 Å². The van der Waals surface area contributed by atoms with E-state index in [-0.39, 0.29) is 34.5 Å². The van der Waals surface area contributed by atoms with E-state index in [0.29, 0.717) is 0 Å². The van der Waals surface area contributed by atoms with Crippen LogP contribution in [-0.4, -0.2) is 30.6 Å². The lowest BCUT2D eigenvalue weighted by Crippen LogP contribution is -2.18. The Balaban J connectivity index is 1.43. The predicted octanol–water partition coefficient (Wildman–Crippen LogP) is 10.6. The van der Waals surface area contributed by atoms with Gasteiger partial charge in [-0.15, -0.1) is 0 Å². The van der Waals surface area contributed by atoms with E-state index < -0.39 is 0 Å². The lowest BCUT2D eigenvalue weighted by Gasteiger charge is -2.28. The first-order valence-corrected chi connectivity index (χ1v) is 21.0. The molecule has 0 spiro atoms. The molecule has 306 valence electrons. The maximum atomic E-state index is 10.1. The van der Waals surface area contributed by atoms with Gasteiger partial charge in [-0.1, -0.05) is 72.8 Å². The van der Waals surface area contributed by atoms with Crippen LogP contribution in [0.4, 0.5) is 0 Å². The molecule has 0 aliphatic heterocycles. The minimum Gasteiger partial charge on any atom is -0.508 e. The van der Waals surface area contributed by atoms with E-state index in [1.807, 2.05) is 72.8 Å². The second-order valence-corrected chi connectivity index (χ2v) is 15.9. The van der Waals surface area contributed by atoms with Crippen molar-refractivity contribution in [3.63, 3.8) is 0 Å². The fourth-order valence-corrected chi connectivity index (χ4v) is 8.50. The Morgan fingerprint density at radius 2 is 0.283 bits per heavy atom. The normalized spacial score (nSPS) is 11.2. The van der Waals surface area contributed by atoms with Gasteiger partial charge in [-0.2, -0.15) is 0 Å². The summed E-state index contributed by atoms with van der Waals surface area (Å²) < 4.78 is 0. The van der Waals surface area contributed by atoms with Gasteiger partial charge in [-0.05, 0) is 217 Å². The van der Waals surface area contributed by atoms with Crippen LogP contribution in [-0.2, 0) is 77.0 Å². The van der Waals surface area contributed by atoms with E-state index in [1.54, 1.807) is 72.8 Å². The van der Waals surface area contributed by atoms with E-state index in [1.165, 1.54) is 33.4 Å². The van der Waals surface area contributed by atoms with Gasteiger partial charge in [0.05, 0.1) is 0 Å². The van der Waals surface area contributed by atoms with E-state index in [9.17, 15) is 30.6 Å². The first-order valence-electron chi connectivity index (χ1n) is 21.0. The Kier molecular flexibility index (Phi) is 13.7. The van der Waals surface area contributed by atoms with Crippen LogP contribution in [0.25, 0.3) is 0 Å². The molecule has 0 aliphatic rings.